The third kappa shape index (κ3) is 3.94. The number of aliphatic hydroxyl groups excluding tert-OH is 1. The molecule has 3 rings (SSSR count). The van der Waals surface area contributed by atoms with Crippen molar-refractivity contribution in [2.45, 2.75) is 36.8 Å². The maximum atomic E-state index is 12.4. The molecule has 7 nitrogen and oxygen atoms in total. The van der Waals surface area contributed by atoms with Crippen molar-refractivity contribution in [3.8, 4) is 0 Å². The molecule has 4 N–H and O–H groups in total. The first-order valence-electron chi connectivity index (χ1n) is 8.17. The van der Waals surface area contributed by atoms with Crippen LogP contribution in [0.25, 0.3) is 0 Å². The smallest absolute Gasteiger partial charge is 0.251 e. The first kappa shape index (κ1) is 17.3. The third-order valence-corrected chi connectivity index (χ3v) is 6.01. The second-order valence-corrected chi connectivity index (χ2v) is 8.28. The molecule has 1 aromatic rings. The Morgan fingerprint density at radius 1 is 1.33 bits per heavy atom. The first-order valence-corrected chi connectivity index (χ1v) is 9.65. The molecule has 132 valence electrons. The van der Waals surface area contributed by atoms with E-state index in [0.29, 0.717) is 30.8 Å². The zero-order valence-electron chi connectivity index (χ0n) is 13.6. The summed E-state index contributed by atoms with van der Waals surface area (Å²) in [6, 6.07) is 4.59. The average Bonchev–Trinajstić information content (AvgIpc) is 3.24. The molecule has 1 aromatic carbocycles. The van der Waals surface area contributed by atoms with E-state index in [9.17, 15) is 18.3 Å². The predicted octanol–water partition coefficient (Wildman–Crippen LogP) is -0.254. The quantitative estimate of drug-likeness (QED) is 0.564. The molecular weight excluding hydrogens is 330 g/mol. The number of aliphatic hydroxyl groups is 1. The van der Waals surface area contributed by atoms with Crippen molar-refractivity contribution in [1.29, 1.82) is 0 Å². The minimum absolute atomic E-state index is 0.0185. The molecule has 2 atom stereocenters. The molecule has 1 aliphatic heterocycles. The van der Waals surface area contributed by atoms with E-state index in [1.54, 1.807) is 13.0 Å². The summed E-state index contributed by atoms with van der Waals surface area (Å²) in [5, 5.41) is 15.6. The van der Waals surface area contributed by atoms with Crippen LogP contribution in [0.15, 0.2) is 23.1 Å². The lowest BCUT2D eigenvalue weighted by Crippen LogP contribution is -2.34. The second-order valence-electron chi connectivity index (χ2n) is 6.57. The fourth-order valence-corrected chi connectivity index (χ4v) is 4.08. The van der Waals surface area contributed by atoms with E-state index >= 15 is 0 Å². The van der Waals surface area contributed by atoms with E-state index < -0.39 is 16.1 Å². The molecule has 8 heteroatoms. The van der Waals surface area contributed by atoms with Crippen LogP contribution in [0.2, 0.25) is 0 Å². The molecule has 1 saturated carbocycles. The van der Waals surface area contributed by atoms with Gasteiger partial charge in [-0.15, -0.1) is 0 Å². The Bertz CT molecular complexity index is 731. The average molecular weight is 353 g/mol. The molecule has 0 radical (unpaired) electrons. The molecule has 0 aromatic heterocycles. The molecular formula is C16H23N3O4S. The summed E-state index contributed by atoms with van der Waals surface area (Å²) >= 11 is 0. The van der Waals surface area contributed by atoms with Gasteiger partial charge >= 0.3 is 0 Å². The Morgan fingerprint density at radius 2 is 2.08 bits per heavy atom. The monoisotopic (exact) mass is 353 g/mol. The van der Waals surface area contributed by atoms with Crippen LogP contribution >= 0.6 is 0 Å². The van der Waals surface area contributed by atoms with E-state index in [1.807, 2.05) is 0 Å². The summed E-state index contributed by atoms with van der Waals surface area (Å²) in [6.45, 7) is 3.30. The Kier molecular flexibility index (Phi) is 4.91. The summed E-state index contributed by atoms with van der Waals surface area (Å²) in [5.74, 6) is -0.354. The van der Waals surface area contributed by atoms with Crippen molar-refractivity contribution in [3.05, 3.63) is 29.3 Å². The van der Waals surface area contributed by atoms with Crippen LogP contribution < -0.4 is 15.4 Å². The minimum atomic E-state index is -3.59. The Hall–Kier alpha value is -1.48. The molecule has 1 amide bonds. The maximum absolute atomic E-state index is 12.4. The van der Waals surface area contributed by atoms with Crippen molar-refractivity contribution in [2.75, 3.05) is 19.6 Å². The van der Waals surface area contributed by atoms with E-state index in [1.165, 1.54) is 12.1 Å². The summed E-state index contributed by atoms with van der Waals surface area (Å²) in [4.78, 5) is 12.5. The van der Waals surface area contributed by atoms with Gasteiger partial charge in [0.25, 0.3) is 5.91 Å². The highest BCUT2D eigenvalue weighted by Crippen LogP contribution is 2.23. The van der Waals surface area contributed by atoms with Gasteiger partial charge < -0.3 is 15.7 Å². The highest BCUT2D eigenvalue weighted by molar-refractivity contribution is 7.89. The topological polar surface area (TPSA) is 108 Å². The Labute approximate surface area is 141 Å². The molecule has 2 aliphatic rings. The Morgan fingerprint density at radius 3 is 2.71 bits per heavy atom. The normalized spacial score (nSPS) is 24.1. The van der Waals surface area contributed by atoms with Crippen molar-refractivity contribution < 1.29 is 18.3 Å². The van der Waals surface area contributed by atoms with Gasteiger partial charge in [0.2, 0.25) is 10.0 Å². The third-order valence-electron chi connectivity index (χ3n) is 4.49. The van der Waals surface area contributed by atoms with Crippen molar-refractivity contribution in [2.24, 2.45) is 5.92 Å². The van der Waals surface area contributed by atoms with Gasteiger partial charge in [0.1, 0.15) is 0 Å². The lowest BCUT2D eigenvalue weighted by atomic mass is 10.1. The molecule has 2 fully saturated rings. The summed E-state index contributed by atoms with van der Waals surface area (Å²) in [7, 11) is -3.59. The number of sulfonamides is 1. The van der Waals surface area contributed by atoms with Crippen LogP contribution in [-0.2, 0) is 10.0 Å². The van der Waals surface area contributed by atoms with Gasteiger partial charge in [-0.1, -0.05) is 6.07 Å². The predicted molar refractivity (Wildman–Crippen MR) is 89.2 cm³/mol. The second kappa shape index (κ2) is 6.79. The zero-order valence-corrected chi connectivity index (χ0v) is 14.4. The van der Waals surface area contributed by atoms with Crippen molar-refractivity contribution >= 4 is 15.9 Å². The summed E-state index contributed by atoms with van der Waals surface area (Å²) in [6.07, 6.45) is 1.24. The van der Waals surface area contributed by atoms with E-state index in [2.05, 4.69) is 15.4 Å². The lowest BCUT2D eigenvalue weighted by Gasteiger charge is -2.15. The number of carbonyl (C=O) groups excluding carboxylic acids is 1. The standard InChI is InChI=1S/C16H23N3O4S/c1-10-2-5-13(24(22,23)19-12-3-4-12)6-14(10)16(21)18-8-11-7-17-9-15(11)20/h2,5-6,11-12,15,17,19-20H,3-4,7-9H2,1H3,(H,18,21). The zero-order chi connectivity index (χ0) is 17.3. The fourth-order valence-electron chi connectivity index (χ4n) is 2.75. The number of hydrogen-bond acceptors (Lipinski definition) is 5. The SMILES string of the molecule is Cc1ccc(S(=O)(=O)NC2CC2)cc1C(=O)NCC1CNCC1O. The van der Waals surface area contributed by atoms with E-state index in [4.69, 9.17) is 0 Å². The molecule has 0 spiro atoms. The number of aryl methyl sites for hydroxylation is 1. The van der Waals surface area contributed by atoms with Crippen LogP contribution in [0.3, 0.4) is 0 Å². The highest BCUT2D eigenvalue weighted by atomic mass is 32.2. The largest absolute Gasteiger partial charge is 0.391 e. The van der Waals surface area contributed by atoms with Gasteiger partial charge in [0, 0.05) is 37.2 Å². The molecule has 1 saturated heterocycles. The number of hydrogen-bond donors (Lipinski definition) is 4. The van der Waals surface area contributed by atoms with Crippen LogP contribution in [0.4, 0.5) is 0 Å². The van der Waals surface area contributed by atoms with Crippen LogP contribution in [0.5, 0.6) is 0 Å². The number of amides is 1. The number of carbonyl (C=O) groups is 1. The van der Waals surface area contributed by atoms with Gasteiger partial charge in [0.15, 0.2) is 0 Å². The van der Waals surface area contributed by atoms with E-state index in [-0.39, 0.29) is 22.8 Å². The lowest BCUT2D eigenvalue weighted by molar-refractivity contribution is 0.0926. The molecule has 1 aliphatic carbocycles. The highest BCUT2D eigenvalue weighted by Gasteiger charge is 2.29. The number of nitrogens with one attached hydrogen (secondary N) is 3. The van der Waals surface area contributed by atoms with Crippen LogP contribution in [-0.4, -0.2) is 51.2 Å². The number of benzene rings is 1. The van der Waals surface area contributed by atoms with Crippen LogP contribution in [0.1, 0.15) is 28.8 Å². The van der Waals surface area contributed by atoms with Gasteiger partial charge in [-0.25, -0.2) is 13.1 Å². The van der Waals surface area contributed by atoms with Crippen molar-refractivity contribution in [1.82, 2.24) is 15.4 Å². The molecule has 1 heterocycles. The van der Waals surface area contributed by atoms with E-state index in [0.717, 1.165) is 12.8 Å². The fraction of sp³-hybridized carbons (Fsp3) is 0.562. The maximum Gasteiger partial charge on any atom is 0.251 e. The number of rotatable bonds is 6. The molecule has 2 unspecified atom stereocenters. The van der Waals surface area contributed by atoms with Gasteiger partial charge in [-0.3, -0.25) is 4.79 Å². The molecule has 0 bridgehead atoms. The van der Waals surface area contributed by atoms with Gasteiger partial charge in [0.05, 0.1) is 11.0 Å². The first-order chi connectivity index (χ1) is 11.4. The minimum Gasteiger partial charge on any atom is -0.391 e. The summed E-state index contributed by atoms with van der Waals surface area (Å²) < 4.78 is 27.2. The van der Waals surface area contributed by atoms with Gasteiger partial charge in [-0.2, -0.15) is 0 Å². The summed E-state index contributed by atoms with van der Waals surface area (Å²) in [5.41, 5.74) is 1.05. The number of β-amino-alcohol motifs (C(OH)–C–C–N with tert-alkyl or cyclic N) is 1. The van der Waals surface area contributed by atoms with Gasteiger partial charge in [-0.05, 0) is 37.5 Å². The van der Waals surface area contributed by atoms with Crippen molar-refractivity contribution in [3.63, 3.8) is 0 Å². The van der Waals surface area contributed by atoms with Crippen LogP contribution in [0, 0.1) is 12.8 Å². The molecule has 24 heavy (non-hydrogen) atoms. The Balaban J connectivity index is 1.72.